The fraction of sp³-hybridized carbons (Fsp3) is 0.136. The van der Waals surface area contributed by atoms with E-state index in [9.17, 15) is 4.79 Å². The highest BCUT2D eigenvalue weighted by Gasteiger charge is 2.09. The maximum absolute atomic E-state index is 12.6. The van der Waals surface area contributed by atoms with Gasteiger partial charge < -0.3 is 9.30 Å². The lowest BCUT2D eigenvalue weighted by molar-refractivity contribution is 0.413. The number of benzene rings is 1. The predicted molar refractivity (Wildman–Crippen MR) is 114 cm³/mol. The third-order valence-electron chi connectivity index (χ3n) is 4.75. The molecular formula is C22H17ClN6O2. The zero-order valence-electron chi connectivity index (χ0n) is 16.6. The van der Waals surface area contributed by atoms with Crippen LogP contribution in [-0.2, 0) is 13.0 Å². The van der Waals surface area contributed by atoms with Crippen molar-refractivity contribution in [3.05, 3.63) is 99.3 Å². The smallest absolute Gasteiger partial charge is 0.256 e. The number of methoxy groups -OCH3 is 1. The van der Waals surface area contributed by atoms with Crippen LogP contribution >= 0.6 is 11.6 Å². The lowest BCUT2D eigenvalue weighted by Crippen LogP contribution is -2.19. The van der Waals surface area contributed by atoms with E-state index in [1.165, 1.54) is 17.0 Å². The first-order chi connectivity index (χ1) is 15.1. The Hall–Kier alpha value is -3.96. The van der Waals surface area contributed by atoms with Crippen LogP contribution in [0.3, 0.4) is 0 Å². The molecule has 154 valence electrons. The summed E-state index contributed by atoms with van der Waals surface area (Å²) in [7, 11) is 1.54. The Bertz CT molecular complexity index is 1340. The average molecular weight is 433 g/mol. The molecule has 0 aliphatic rings. The molecule has 0 radical (unpaired) electrons. The molecule has 0 amide bonds. The van der Waals surface area contributed by atoms with Crippen LogP contribution in [0.1, 0.15) is 22.4 Å². The van der Waals surface area contributed by atoms with Gasteiger partial charge in [-0.05, 0) is 29.3 Å². The molecule has 0 saturated heterocycles. The number of hydrogen-bond donors (Lipinski definition) is 0. The molecule has 31 heavy (non-hydrogen) atoms. The first-order valence-electron chi connectivity index (χ1n) is 9.33. The third-order valence-corrected chi connectivity index (χ3v) is 4.93. The minimum Gasteiger partial charge on any atom is -0.495 e. The monoisotopic (exact) mass is 432 g/mol. The Kier molecular flexibility index (Phi) is 5.78. The third kappa shape index (κ3) is 4.47. The van der Waals surface area contributed by atoms with Crippen molar-refractivity contribution in [2.75, 3.05) is 7.11 Å². The summed E-state index contributed by atoms with van der Waals surface area (Å²) >= 11 is 5.87. The van der Waals surface area contributed by atoms with E-state index in [0.29, 0.717) is 30.1 Å². The second kappa shape index (κ2) is 8.81. The van der Waals surface area contributed by atoms with E-state index in [1.807, 2.05) is 22.8 Å². The van der Waals surface area contributed by atoms with Crippen LogP contribution < -0.4 is 10.3 Å². The summed E-state index contributed by atoms with van der Waals surface area (Å²) in [4.78, 5) is 24.9. The van der Waals surface area contributed by atoms with Crippen molar-refractivity contribution in [1.82, 2.24) is 24.1 Å². The van der Waals surface area contributed by atoms with Crippen LogP contribution in [0.2, 0.25) is 5.15 Å². The standard InChI is InChI=1S/C22H17ClN6O2/c1-31-19-7-15(2-3-17(19)9-24)6-18-10-26-14-28(18)13-16-4-5-29(22(30)8-16)21-12-25-11-20(23)27-21/h2-5,7-8,10-12,14H,6,13H2,1H3. The normalized spacial score (nSPS) is 10.6. The van der Waals surface area contributed by atoms with Crippen molar-refractivity contribution in [3.8, 4) is 17.6 Å². The Labute approximate surface area is 183 Å². The topological polar surface area (TPSA) is 98.6 Å². The van der Waals surface area contributed by atoms with Gasteiger partial charge in [-0.25, -0.2) is 9.97 Å². The van der Waals surface area contributed by atoms with E-state index in [0.717, 1.165) is 16.8 Å². The van der Waals surface area contributed by atoms with Crippen molar-refractivity contribution >= 4 is 11.6 Å². The Morgan fingerprint density at radius 3 is 2.74 bits per heavy atom. The fourth-order valence-corrected chi connectivity index (χ4v) is 3.38. The molecule has 0 unspecified atom stereocenters. The summed E-state index contributed by atoms with van der Waals surface area (Å²) in [6.07, 6.45) is 8.66. The molecular weight excluding hydrogens is 416 g/mol. The first kappa shape index (κ1) is 20.3. The van der Waals surface area contributed by atoms with Gasteiger partial charge in [0, 0.05) is 37.1 Å². The van der Waals surface area contributed by atoms with Gasteiger partial charge in [-0.2, -0.15) is 5.26 Å². The molecule has 0 spiro atoms. The molecule has 3 heterocycles. The molecule has 4 rings (SSSR count). The molecule has 0 aliphatic heterocycles. The van der Waals surface area contributed by atoms with Gasteiger partial charge in [0.05, 0.1) is 31.4 Å². The maximum Gasteiger partial charge on any atom is 0.256 e. The van der Waals surface area contributed by atoms with Crippen molar-refractivity contribution in [2.45, 2.75) is 13.0 Å². The van der Waals surface area contributed by atoms with Crippen LogP contribution in [0.25, 0.3) is 5.82 Å². The van der Waals surface area contributed by atoms with Gasteiger partial charge in [0.1, 0.15) is 17.0 Å². The zero-order valence-corrected chi connectivity index (χ0v) is 17.3. The summed E-state index contributed by atoms with van der Waals surface area (Å²) in [6, 6.07) is 11.0. The van der Waals surface area contributed by atoms with Gasteiger partial charge >= 0.3 is 0 Å². The summed E-state index contributed by atoms with van der Waals surface area (Å²) in [5.74, 6) is 0.904. The number of ether oxygens (including phenoxy) is 1. The van der Waals surface area contributed by atoms with Crippen LogP contribution in [0.4, 0.5) is 0 Å². The number of rotatable bonds is 6. The quantitative estimate of drug-likeness (QED) is 0.464. The van der Waals surface area contributed by atoms with Gasteiger partial charge in [-0.1, -0.05) is 17.7 Å². The van der Waals surface area contributed by atoms with Crippen molar-refractivity contribution in [3.63, 3.8) is 0 Å². The van der Waals surface area contributed by atoms with Crippen molar-refractivity contribution in [1.29, 1.82) is 5.26 Å². The zero-order chi connectivity index (χ0) is 21.8. The highest BCUT2D eigenvalue weighted by atomic mass is 35.5. The van der Waals surface area contributed by atoms with E-state index >= 15 is 0 Å². The van der Waals surface area contributed by atoms with Crippen molar-refractivity contribution in [2.24, 2.45) is 0 Å². The molecule has 0 saturated carbocycles. The van der Waals surface area contributed by atoms with Crippen LogP contribution in [-0.4, -0.2) is 31.2 Å². The number of imidazole rings is 1. The molecule has 0 aliphatic carbocycles. The van der Waals surface area contributed by atoms with Gasteiger partial charge in [0.15, 0.2) is 5.82 Å². The first-order valence-corrected chi connectivity index (χ1v) is 9.70. The summed E-state index contributed by atoms with van der Waals surface area (Å²) in [5.41, 5.74) is 3.05. The van der Waals surface area contributed by atoms with Crippen LogP contribution in [0, 0.1) is 11.3 Å². The number of pyridine rings is 1. The van der Waals surface area contributed by atoms with E-state index in [4.69, 9.17) is 21.6 Å². The number of nitriles is 1. The van der Waals surface area contributed by atoms with Gasteiger partial charge in [0.25, 0.3) is 5.56 Å². The number of aromatic nitrogens is 5. The van der Waals surface area contributed by atoms with Crippen molar-refractivity contribution < 1.29 is 4.74 Å². The largest absolute Gasteiger partial charge is 0.495 e. The second-order valence-electron chi connectivity index (χ2n) is 6.78. The molecule has 3 aromatic heterocycles. The average Bonchev–Trinajstić information content (AvgIpc) is 3.20. The Morgan fingerprint density at radius 2 is 2.00 bits per heavy atom. The lowest BCUT2D eigenvalue weighted by atomic mass is 10.1. The minimum atomic E-state index is -0.229. The molecule has 8 nitrogen and oxygen atoms in total. The number of hydrogen-bond acceptors (Lipinski definition) is 6. The summed E-state index contributed by atoms with van der Waals surface area (Å²) < 4.78 is 8.65. The van der Waals surface area contributed by atoms with Gasteiger partial charge in [-0.15, -0.1) is 0 Å². The summed E-state index contributed by atoms with van der Waals surface area (Å²) in [6.45, 7) is 0.486. The molecule has 1 aromatic carbocycles. The highest BCUT2D eigenvalue weighted by Crippen LogP contribution is 2.21. The van der Waals surface area contributed by atoms with E-state index in [1.54, 1.807) is 38.0 Å². The fourth-order valence-electron chi connectivity index (χ4n) is 3.24. The minimum absolute atomic E-state index is 0.218. The van der Waals surface area contributed by atoms with Gasteiger partial charge in [-0.3, -0.25) is 14.3 Å². The Morgan fingerprint density at radius 1 is 1.13 bits per heavy atom. The second-order valence-corrected chi connectivity index (χ2v) is 7.17. The Balaban J connectivity index is 1.56. The predicted octanol–water partition coefficient (Wildman–Crippen LogP) is 3.00. The molecule has 0 N–H and O–H groups in total. The summed E-state index contributed by atoms with van der Waals surface area (Å²) in [5, 5.41) is 9.37. The number of nitrogens with zero attached hydrogens (tertiary/aromatic N) is 6. The molecule has 0 bridgehead atoms. The lowest BCUT2D eigenvalue weighted by Gasteiger charge is -2.11. The van der Waals surface area contributed by atoms with Crippen LogP contribution in [0.5, 0.6) is 5.75 Å². The van der Waals surface area contributed by atoms with E-state index in [2.05, 4.69) is 21.0 Å². The van der Waals surface area contributed by atoms with E-state index < -0.39 is 0 Å². The molecule has 4 aromatic rings. The number of halogens is 1. The maximum atomic E-state index is 12.6. The van der Waals surface area contributed by atoms with E-state index in [-0.39, 0.29) is 10.7 Å². The molecule has 9 heteroatoms. The van der Waals surface area contributed by atoms with Crippen LogP contribution in [0.15, 0.2) is 66.2 Å². The molecule has 0 atom stereocenters. The highest BCUT2D eigenvalue weighted by molar-refractivity contribution is 6.29. The SMILES string of the molecule is COc1cc(Cc2cncn2Cc2ccn(-c3cncc(Cl)n3)c(=O)c2)ccc1C#N. The molecule has 0 fully saturated rings. The van der Waals surface area contributed by atoms with Gasteiger partial charge in [0.2, 0.25) is 0 Å².